The van der Waals surface area contributed by atoms with Crippen LogP contribution in [0.15, 0.2) is 0 Å². The predicted octanol–water partition coefficient (Wildman–Crippen LogP) is 0.311. The Kier molecular flexibility index (Phi) is 7.54. The first kappa shape index (κ1) is 15.9. The Morgan fingerprint density at radius 3 is 2.12 bits per heavy atom. The van der Waals surface area contributed by atoms with E-state index in [0.29, 0.717) is 13.0 Å². The van der Waals surface area contributed by atoms with Gasteiger partial charge in [0.05, 0.1) is 6.04 Å². The molecule has 0 bridgehead atoms. The first-order chi connectivity index (χ1) is 7.93. The first-order valence-electron chi connectivity index (χ1n) is 6.16. The van der Waals surface area contributed by atoms with E-state index in [0.717, 1.165) is 13.1 Å². The molecule has 1 N–H and O–H groups in total. The second-order valence-corrected chi connectivity index (χ2v) is 4.22. The summed E-state index contributed by atoms with van der Waals surface area (Å²) in [6.07, 6.45) is 0.420. The highest BCUT2D eigenvalue weighted by Crippen LogP contribution is 1.95. The molecule has 0 saturated heterocycles. The number of carbonyl (C=O) groups is 2. The maximum absolute atomic E-state index is 11.9. The smallest absolute Gasteiger partial charge is 0.239 e. The van der Waals surface area contributed by atoms with Crippen molar-refractivity contribution >= 4 is 11.8 Å². The summed E-state index contributed by atoms with van der Waals surface area (Å²) in [6.45, 7) is 7.73. The quantitative estimate of drug-likeness (QED) is 0.700. The summed E-state index contributed by atoms with van der Waals surface area (Å²) < 4.78 is 0. The SMILES string of the molecule is CCN(CC)C(=O)C(C)NCCC(=O)N(C)C. The Bertz CT molecular complexity index is 250. The molecule has 0 aromatic carbocycles. The minimum atomic E-state index is -0.232. The number of nitrogens with zero attached hydrogens (tertiary/aromatic N) is 2. The molecule has 1 unspecified atom stereocenters. The molecule has 0 rings (SSSR count). The highest BCUT2D eigenvalue weighted by Gasteiger charge is 2.17. The van der Waals surface area contributed by atoms with Crippen LogP contribution in [0.25, 0.3) is 0 Å². The number of carbonyl (C=O) groups excluding carboxylic acids is 2. The second-order valence-electron chi connectivity index (χ2n) is 4.22. The minimum Gasteiger partial charge on any atom is -0.349 e. The fraction of sp³-hybridized carbons (Fsp3) is 0.833. The number of rotatable bonds is 7. The monoisotopic (exact) mass is 243 g/mol. The Hall–Kier alpha value is -1.10. The fourth-order valence-corrected chi connectivity index (χ4v) is 1.52. The molecule has 2 amide bonds. The lowest BCUT2D eigenvalue weighted by Gasteiger charge is -2.23. The van der Waals surface area contributed by atoms with E-state index in [1.807, 2.05) is 20.8 Å². The minimum absolute atomic E-state index is 0.0694. The van der Waals surface area contributed by atoms with Crippen molar-refractivity contribution < 1.29 is 9.59 Å². The average molecular weight is 243 g/mol. The molecule has 1 atom stereocenters. The summed E-state index contributed by atoms with van der Waals surface area (Å²) in [5.41, 5.74) is 0. The molecule has 0 radical (unpaired) electrons. The summed E-state index contributed by atoms with van der Waals surface area (Å²) in [6, 6.07) is -0.232. The molecule has 0 saturated carbocycles. The number of amides is 2. The van der Waals surface area contributed by atoms with Crippen LogP contribution in [-0.2, 0) is 9.59 Å². The van der Waals surface area contributed by atoms with Crippen LogP contribution >= 0.6 is 0 Å². The van der Waals surface area contributed by atoms with E-state index < -0.39 is 0 Å². The van der Waals surface area contributed by atoms with Crippen molar-refractivity contribution in [2.45, 2.75) is 33.2 Å². The maximum atomic E-state index is 11.9. The van der Waals surface area contributed by atoms with Crippen molar-refractivity contribution in [3.63, 3.8) is 0 Å². The van der Waals surface area contributed by atoms with Gasteiger partial charge in [0.15, 0.2) is 0 Å². The van der Waals surface area contributed by atoms with Gasteiger partial charge in [0, 0.05) is 40.2 Å². The largest absolute Gasteiger partial charge is 0.349 e. The van der Waals surface area contributed by atoms with Gasteiger partial charge in [-0.2, -0.15) is 0 Å². The van der Waals surface area contributed by atoms with Gasteiger partial charge < -0.3 is 15.1 Å². The molecule has 0 aromatic rings. The summed E-state index contributed by atoms with van der Waals surface area (Å²) >= 11 is 0. The molecule has 0 heterocycles. The van der Waals surface area contributed by atoms with E-state index in [2.05, 4.69) is 5.32 Å². The van der Waals surface area contributed by atoms with Crippen molar-refractivity contribution in [3.8, 4) is 0 Å². The van der Waals surface area contributed by atoms with Crippen molar-refractivity contribution in [1.29, 1.82) is 0 Å². The van der Waals surface area contributed by atoms with Gasteiger partial charge in [-0.25, -0.2) is 0 Å². The number of nitrogens with one attached hydrogen (secondary N) is 1. The predicted molar refractivity (Wildman–Crippen MR) is 68.7 cm³/mol. The van der Waals surface area contributed by atoms with E-state index in [-0.39, 0.29) is 17.9 Å². The fourth-order valence-electron chi connectivity index (χ4n) is 1.52. The standard InChI is InChI=1S/C12H25N3O2/c1-6-15(7-2)12(17)10(3)13-9-8-11(16)14(4)5/h10,13H,6-9H2,1-5H3. The zero-order valence-electron chi connectivity index (χ0n) is 11.6. The van der Waals surface area contributed by atoms with Gasteiger partial charge in [-0.05, 0) is 20.8 Å². The zero-order valence-corrected chi connectivity index (χ0v) is 11.6. The van der Waals surface area contributed by atoms with Crippen molar-refractivity contribution in [1.82, 2.24) is 15.1 Å². The number of likely N-dealkylation sites (N-methyl/N-ethyl adjacent to an activating group) is 1. The third-order valence-corrected chi connectivity index (χ3v) is 2.73. The van der Waals surface area contributed by atoms with E-state index in [9.17, 15) is 9.59 Å². The third kappa shape index (κ3) is 5.68. The summed E-state index contributed by atoms with van der Waals surface area (Å²) in [5, 5.41) is 3.08. The van der Waals surface area contributed by atoms with E-state index in [1.54, 1.807) is 23.9 Å². The van der Waals surface area contributed by atoms with Gasteiger partial charge in [0.1, 0.15) is 0 Å². The van der Waals surface area contributed by atoms with Crippen LogP contribution in [0.4, 0.5) is 0 Å². The molecule has 5 nitrogen and oxygen atoms in total. The average Bonchev–Trinajstić information content (AvgIpc) is 2.29. The van der Waals surface area contributed by atoms with Gasteiger partial charge in [-0.3, -0.25) is 9.59 Å². The van der Waals surface area contributed by atoms with Crippen LogP contribution in [-0.4, -0.2) is 61.4 Å². The molecule has 5 heteroatoms. The summed E-state index contributed by atoms with van der Waals surface area (Å²) in [4.78, 5) is 26.6. The van der Waals surface area contributed by atoms with Crippen LogP contribution in [0, 0.1) is 0 Å². The van der Waals surface area contributed by atoms with Gasteiger partial charge in [-0.15, -0.1) is 0 Å². The van der Waals surface area contributed by atoms with Crippen LogP contribution in [0.5, 0.6) is 0 Å². The van der Waals surface area contributed by atoms with Crippen LogP contribution in [0.3, 0.4) is 0 Å². The van der Waals surface area contributed by atoms with Crippen LogP contribution < -0.4 is 5.32 Å². The van der Waals surface area contributed by atoms with Gasteiger partial charge >= 0.3 is 0 Å². The van der Waals surface area contributed by atoms with E-state index >= 15 is 0 Å². The molecule has 0 aliphatic carbocycles. The summed E-state index contributed by atoms with van der Waals surface area (Å²) in [7, 11) is 3.46. The zero-order chi connectivity index (χ0) is 13.4. The van der Waals surface area contributed by atoms with Crippen molar-refractivity contribution in [2.24, 2.45) is 0 Å². The molecule has 0 aromatic heterocycles. The summed E-state index contributed by atoms with van der Waals surface area (Å²) in [5.74, 6) is 0.160. The molecule has 0 aliphatic rings. The molecular formula is C12H25N3O2. The van der Waals surface area contributed by atoms with Gasteiger partial charge in [0.25, 0.3) is 0 Å². The third-order valence-electron chi connectivity index (χ3n) is 2.73. The normalized spacial score (nSPS) is 12.1. The second kappa shape index (κ2) is 8.06. The Morgan fingerprint density at radius 1 is 1.18 bits per heavy atom. The van der Waals surface area contributed by atoms with Gasteiger partial charge in [-0.1, -0.05) is 0 Å². The Morgan fingerprint density at radius 2 is 1.71 bits per heavy atom. The highest BCUT2D eigenvalue weighted by molar-refractivity contribution is 5.81. The lowest BCUT2D eigenvalue weighted by atomic mass is 10.2. The van der Waals surface area contributed by atoms with Gasteiger partial charge in [0.2, 0.25) is 11.8 Å². The van der Waals surface area contributed by atoms with Crippen LogP contribution in [0.1, 0.15) is 27.2 Å². The Balaban J connectivity index is 3.97. The maximum Gasteiger partial charge on any atom is 0.239 e. The molecule has 0 spiro atoms. The topological polar surface area (TPSA) is 52.7 Å². The van der Waals surface area contributed by atoms with Crippen LogP contribution in [0.2, 0.25) is 0 Å². The molecule has 100 valence electrons. The Labute approximate surface area is 104 Å². The molecule has 0 fully saturated rings. The first-order valence-corrected chi connectivity index (χ1v) is 6.16. The molecule has 0 aliphatic heterocycles. The van der Waals surface area contributed by atoms with E-state index in [4.69, 9.17) is 0 Å². The van der Waals surface area contributed by atoms with E-state index in [1.165, 1.54) is 0 Å². The molecule has 17 heavy (non-hydrogen) atoms. The highest BCUT2D eigenvalue weighted by atomic mass is 16.2. The van der Waals surface area contributed by atoms with Crippen molar-refractivity contribution in [3.05, 3.63) is 0 Å². The number of hydrogen-bond acceptors (Lipinski definition) is 3. The van der Waals surface area contributed by atoms with Crippen molar-refractivity contribution in [2.75, 3.05) is 33.7 Å². The lowest BCUT2D eigenvalue weighted by molar-refractivity contribution is -0.133. The molecular weight excluding hydrogens is 218 g/mol. The lowest BCUT2D eigenvalue weighted by Crippen LogP contribution is -2.45. The number of hydrogen-bond donors (Lipinski definition) is 1.